The Hall–Kier alpha value is -2.24. The lowest BCUT2D eigenvalue weighted by molar-refractivity contribution is 0.0734. The Balaban J connectivity index is 2.92. The maximum absolute atomic E-state index is 12.3. The van der Waals surface area contributed by atoms with Gasteiger partial charge >= 0.3 is 0 Å². The van der Waals surface area contributed by atoms with Gasteiger partial charge in [0.2, 0.25) is 0 Å². The number of ether oxygens (including phenoxy) is 1. The highest BCUT2D eigenvalue weighted by Crippen LogP contribution is 2.14. The van der Waals surface area contributed by atoms with E-state index >= 15 is 0 Å². The summed E-state index contributed by atoms with van der Waals surface area (Å²) in [6, 6.07) is 6.74. The number of hydrogen-bond donors (Lipinski definition) is 2. The van der Waals surface area contributed by atoms with E-state index in [4.69, 9.17) is 15.7 Å². The Labute approximate surface area is 112 Å². The summed E-state index contributed by atoms with van der Waals surface area (Å²) in [6.07, 6.45) is 0. The third-order valence-corrected chi connectivity index (χ3v) is 2.68. The van der Waals surface area contributed by atoms with Crippen LogP contribution in [0.25, 0.3) is 0 Å². The lowest BCUT2D eigenvalue weighted by Gasteiger charge is -2.26. The molecule has 0 unspecified atom stereocenters. The first-order valence-corrected chi connectivity index (χ1v) is 5.91. The van der Waals surface area contributed by atoms with Gasteiger partial charge < -0.3 is 20.6 Å². The number of nitrogens with zero attached hydrogens (tertiary/aromatic N) is 2. The minimum atomic E-state index is -0.177. The first-order valence-electron chi connectivity index (χ1n) is 5.91. The molecular weight excluding hydrogens is 246 g/mol. The van der Waals surface area contributed by atoms with E-state index < -0.39 is 0 Å². The molecule has 0 radical (unpaired) electrons. The molecule has 0 aromatic heterocycles. The molecule has 0 bridgehead atoms. The van der Waals surface area contributed by atoms with Gasteiger partial charge in [0.15, 0.2) is 5.84 Å². The summed E-state index contributed by atoms with van der Waals surface area (Å²) in [5.41, 5.74) is 5.99. The SMILES string of the molecule is COc1ccc(C(=O)N(CC(N)=NO)C(C)C)cc1. The fourth-order valence-electron chi connectivity index (χ4n) is 1.59. The molecule has 19 heavy (non-hydrogen) atoms. The number of nitrogens with two attached hydrogens (primary N) is 1. The van der Waals surface area contributed by atoms with E-state index in [1.165, 1.54) is 4.90 Å². The molecule has 0 saturated carbocycles. The van der Waals surface area contributed by atoms with Gasteiger partial charge in [-0.3, -0.25) is 4.79 Å². The number of oxime groups is 1. The van der Waals surface area contributed by atoms with Gasteiger partial charge in [-0.1, -0.05) is 5.16 Å². The Morgan fingerprint density at radius 2 is 2.00 bits per heavy atom. The van der Waals surface area contributed by atoms with E-state index in [1.807, 2.05) is 13.8 Å². The molecule has 1 rings (SSSR count). The quantitative estimate of drug-likeness (QED) is 0.363. The average molecular weight is 265 g/mol. The lowest BCUT2D eigenvalue weighted by Crippen LogP contribution is -2.42. The first-order chi connectivity index (χ1) is 8.99. The van der Waals surface area contributed by atoms with Gasteiger partial charge in [-0.25, -0.2) is 0 Å². The number of methoxy groups -OCH3 is 1. The molecule has 0 fully saturated rings. The van der Waals surface area contributed by atoms with Crippen LogP contribution in [0.3, 0.4) is 0 Å². The van der Waals surface area contributed by atoms with Gasteiger partial charge in [0.25, 0.3) is 5.91 Å². The highest BCUT2D eigenvalue weighted by molar-refractivity contribution is 5.97. The summed E-state index contributed by atoms with van der Waals surface area (Å²) in [7, 11) is 1.57. The van der Waals surface area contributed by atoms with Crippen LogP contribution in [0.15, 0.2) is 29.4 Å². The predicted octanol–water partition coefficient (Wildman–Crippen LogP) is 1.29. The second kappa shape index (κ2) is 6.63. The summed E-state index contributed by atoms with van der Waals surface area (Å²) in [5, 5.41) is 11.5. The molecule has 0 atom stereocenters. The van der Waals surface area contributed by atoms with Crippen molar-refractivity contribution in [3.8, 4) is 5.75 Å². The van der Waals surface area contributed by atoms with Crippen LogP contribution in [0, 0.1) is 0 Å². The third-order valence-electron chi connectivity index (χ3n) is 2.68. The molecule has 0 spiro atoms. The number of benzene rings is 1. The van der Waals surface area contributed by atoms with Crippen molar-refractivity contribution in [2.75, 3.05) is 13.7 Å². The van der Waals surface area contributed by atoms with Crippen LogP contribution in [-0.2, 0) is 0 Å². The summed E-state index contributed by atoms with van der Waals surface area (Å²) in [4.78, 5) is 13.9. The second-order valence-electron chi connectivity index (χ2n) is 4.35. The van der Waals surface area contributed by atoms with Crippen molar-refractivity contribution >= 4 is 11.7 Å². The summed E-state index contributed by atoms with van der Waals surface area (Å²) in [5.74, 6) is 0.504. The van der Waals surface area contributed by atoms with E-state index in [1.54, 1.807) is 31.4 Å². The van der Waals surface area contributed by atoms with Crippen molar-refractivity contribution < 1.29 is 14.7 Å². The van der Waals surface area contributed by atoms with E-state index in [0.29, 0.717) is 11.3 Å². The van der Waals surface area contributed by atoms with E-state index in [-0.39, 0.29) is 24.3 Å². The Kier molecular flexibility index (Phi) is 5.17. The van der Waals surface area contributed by atoms with E-state index in [0.717, 1.165) is 0 Å². The highest BCUT2D eigenvalue weighted by Gasteiger charge is 2.20. The van der Waals surface area contributed by atoms with Crippen molar-refractivity contribution in [3.63, 3.8) is 0 Å². The fraction of sp³-hybridized carbons (Fsp3) is 0.385. The van der Waals surface area contributed by atoms with Crippen LogP contribution in [0.2, 0.25) is 0 Å². The normalized spacial score (nSPS) is 11.5. The van der Waals surface area contributed by atoms with Crippen LogP contribution in [-0.4, -0.2) is 41.5 Å². The fourth-order valence-corrected chi connectivity index (χ4v) is 1.59. The van der Waals surface area contributed by atoms with Crippen molar-refractivity contribution in [2.24, 2.45) is 10.9 Å². The van der Waals surface area contributed by atoms with Gasteiger partial charge in [0, 0.05) is 11.6 Å². The number of amidine groups is 1. The Morgan fingerprint density at radius 1 is 1.42 bits per heavy atom. The molecule has 6 heteroatoms. The lowest BCUT2D eigenvalue weighted by atomic mass is 10.1. The van der Waals surface area contributed by atoms with Crippen LogP contribution in [0.4, 0.5) is 0 Å². The van der Waals surface area contributed by atoms with Crippen molar-refractivity contribution in [1.82, 2.24) is 4.90 Å². The van der Waals surface area contributed by atoms with Crippen molar-refractivity contribution in [1.29, 1.82) is 0 Å². The molecule has 0 aliphatic heterocycles. The molecule has 3 N–H and O–H groups in total. The number of carbonyl (C=O) groups is 1. The molecule has 0 saturated heterocycles. The first kappa shape index (κ1) is 14.8. The Bertz CT molecular complexity index is 455. The third kappa shape index (κ3) is 3.87. The molecule has 0 aliphatic carbocycles. The number of rotatable bonds is 5. The van der Waals surface area contributed by atoms with Gasteiger partial charge in [-0.15, -0.1) is 0 Å². The standard InChI is InChI=1S/C13H19N3O3/c1-9(2)16(8-12(14)15-18)13(17)10-4-6-11(19-3)7-5-10/h4-7,9,18H,8H2,1-3H3,(H2,14,15). The van der Waals surface area contributed by atoms with Crippen molar-refractivity contribution in [2.45, 2.75) is 19.9 Å². The monoisotopic (exact) mass is 265 g/mol. The van der Waals surface area contributed by atoms with Crippen LogP contribution >= 0.6 is 0 Å². The molecule has 104 valence electrons. The maximum atomic E-state index is 12.3. The largest absolute Gasteiger partial charge is 0.497 e. The summed E-state index contributed by atoms with van der Waals surface area (Å²) >= 11 is 0. The minimum absolute atomic E-state index is 0.00411. The Morgan fingerprint density at radius 3 is 2.42 bits per heavy atom. The summed E-state index contributed by atoms with van der Waals surface area (Å²) < 4.78 is 5.04. The zero-order chi connectivity index (χ0) is 14.4. The van der Waals surface area contributed by atoms with E-state index in [2.05, 4.69) is 5.16 Å². The van der Waals surface area contributed by atoms with Gasteiger partial charge in [0.1, 0.15) is 5.75 Å². The topological polar surface area (TPSA) is 88.2 Å². The van der Waals surface area contributed by atoms with E-state index in [9.17, 15) is 4.79 Å². The zero-order valence-corrected chi connectivity index (χ0v) is 11.3. The smallest absolute Gasteiger partial charge is 0.254 e. The average Bonchev–Trinajstić information content (AvgIpc) is 2.43. The molecular formula is C13H19N3O3. The molecule has 1 amide bonds. The number of carbonyl (C=O) groups excluding carboxylic acids is 1. The van der Waals surface area contributed by atoms with Gasteiger partial charge in [0.05, 0.1) is 13.7 Å². The number of hydrogen-bond acceptors (Lipinski definition) is 4. The molecule has 1 aromatic carbocycles. The molecule has 0 heterocycles. The van der Waals surface area contributed by atoms with Gasteiger partial charge in [-0.05, 0) is 38.1 Å². The summed E-state index contributed by atoms with van der Waals surface area (Å²) in [6.45, 7) is 3.82. The predicted molar refractivity (Wildman–Crippen MR) is 72.6 cm³/mol. The van der Waals surface area contributed by atoms with Crippen LogP contribution in [0.1, 0.15) is 24.2 Å². The molecule has 0 aliphatic rings. The van der Waals surface area contributed by atoms with Crippen LogP contribution < -0.4 is 10.5 Å². The second-order valence-corrected chi connectivity index (χ2v) is 4.35. The number of amides is 1. The highest BCUT2D eigenvalue weighted by atomic mass is 16.5. The zero-order valence-electron chi connectivity index (χ0n) is 11.3. The molecule has 1 aromatic rings. The van der Waals surface area contributed by atoms with Gasteiger partial charge in [-0.2, -0.15) is 0 Å². The molecule has 6 nitrogen and oxygen atoms in total. The minimum Gasteiger partial charge on any atom is -0.497 e. The van der Waals surface area contributed by atoms with Crippen molar-refractivity contribution in [3.05, 3.63) is 29.8 Å². The van der Waals surface area contributed by atoms with Crippen LogP contribution in [0.5, 0.6) is 5.75 Å². The maximum Gasteiger partial charge on any atom is 0.254 e.